The van der Waals surface area contributed by atoms with E-state index in [9.17, 15) is 13.2 Å². The lowest BCUT2D eigenvalue weighted by Gasteiger charge is -2.30. The first-order valence-corrected chi connectivity index (χ1v) is 9.49. The van der Waals surface area contributed by atoms with E-state index in [4.69, 9.17) is 0 Å². The lowest BCUT2D eigenvalue weighted by Crippen LogP contribution is -2.45. The van der Waals surface area contributed by atoms with Crippen LogP contribution in [0.3, 0.4) is 0 Å². The molecule has 0 unspecified atom stereocenters. The molecule has 122 valence electrons. The fourth-order valence-electron chi connectivity index (χ4n) is 2.69. The fraction of sp³-hybridized carbons (Fsp3) is 0.562. The van der Waals surface area contributed by atoms with E-state index in [0.29, 0.717) is 19.6 Å². The molecule has 1 fully saturated rings. The number of nitrogens with zero attached hydrogens (tertiary/aromatic N) is 1. The van der Waals surface area contributed by atoms with Gasteiger partial charge in [-0.1, -0.05) is 29.8 Å². The molecule has 1 aliphatic heterocycles. The summed E-state index contributed by atoms with van der Waals surface area (Å²) in [6.45, 7) is 3.45. The standard InChI is InChI=1S/C16H24N2O3S/c1-13-5-7-14(8-6-13)9-10-17-16(19)15-4-3-11-18(12-15)22(2,20)21/h5-8,15H,3-4,9-12H2,1-2H3,(H,17,19)/t15-/m1/s1. The maximum atomic E-state index is 12.2. The van der Waals surface area contributed by atoms with Crippen LogP contribution in [-0.4, -0.2) is 44.5 Å². The zero-order chi connectivity index (χ0) is 16.2. The van der Waals surface area contributed by atoms with Gasteiger partial charge in [0, 0.05) is 19.6 Å². The van der Waals surface area contributed by atoms with Gasteiger partial charge in [-0.25, -0.2) is 12.7 Å². The van der Waals surface area contributed by atoms with Gasteiger partial charge in [-0.05, 0) is 31.7 Å². The van der Waals surface area contributed by atoms with Crippen molar-refractivity contribution in [3.05, 3.63) is 35.4 Å². The van der Waals surface area contributed by atoms with Crippen molar-refractivity contribution in [3.63, 3.8) is 0 Å². The van der Waals surface area contributed by atoms with E-state index in [-0.39, 0.29) is 11.8 Å². The smallest absolute Gasteiger partial charge is 0.224 e. The molecule has 1 aromatic rings. The molecular weight excluding hydrogens is 300 g/mol. The Labute approximate surface area is 132 Å². The number of aryl methyl sites for hydroxylation is 1. The fourth-order valence-corrected chi connectivity index (χ4v) is 3.60. The molecule has 5 nitrogen and oxygen atoms in total. The molecular formula is C16H24N2O3S. The molecule has 1 amide bonds. The summed E-state index contributed by atoms with van der Waals surface area (Å²) in [6, 6.07) is 8.24. The molecule has 0 spiro atoms. The minimum Gasteiger partial charge on any atom is -0.355 e. The van der Waals surface area contributed by atoms with Crippen molar-refractivity contribution >= 4 is 15.9 Å². The lowest BCUT2D eigenvalue weighted by atomic mass is 9.98. The van der Waals surface area contributed by atoms with Crippen molar-refractivity contribution < 1.29 is 13.2 Å². The van der Waals surface area contributed by atoms with Crippen LogP contribution in [0.5, 0.6) is 0 Å². The number of carbonyl (C=O) groups is 1. The van der Waals surface area contributed by atoms with Crippen molar-refractivity contribution in [2.24, 2.45) is 5.92 Å². The summed E-state index contributed by atoms with van der Waals surface area (Å²) in [5, 5.41) is 2.93. The van der Waals surface area contributed by atoms with Crippen LogP contribution in [-0.2, 0) is 21.2 Å². The van der Waals surface area contributed by atoms with Gasteiger partial charge in [0.1, 0.15) is 0 Å². The quantitative estimate of drug-likeness (QED) is 0.888. The van der Waals surface area contributed by atoms with E-state index in [0.717, 1.165) is 19.3 Å². The lowest BCUT2D eigenvalue weighted by molar-refractivity contribution is -0.126. The highest BCUT2D eigenvalue weighted by Gasteiger charge is 2.29. The molecule has 0 aromatic heterocycles. The second-order valence-electron chi connectivity index (χ2n) is 5.99. The third kappa shape index (κ3) is 4.81. The van der Waals surface area contributed by atoms with Gasteiger partial charge in [0.05, 0.1) is 12.2 Å². The second-order valence-corrected chi connectivity index (χ2v) is 7.97. The van der Waals surface area contributed by atoms with E-state index in [1.54, 1.807) is 0 Å². The number of piperidine rings is 1. The second kappa shape index (κ2) is 7.24. The van der Waals surface area contributed by atoms with Gasteiger partial charge in [0.2, 0.25) is 15.9 Å². The zero-order valence-electron chi connectivity index (χ0n) is 13.2. The predicted molar refractivity (Wildman–Crippen MR) is 87.0 cm³/mol. The number of hydrogen-bond acceptors (Lipinski definition) is 3. The average Bonchev–Trinajstić information content (AvgIpc) is 2.48. The molecule has 0 bridgehead atoms. The van der Waals surface area contributed by atoms with Crippen molar-refractivity contribution in [3.8, 4) is 0 Å². The molecule has 1 saturated heterocycles. The monoisotopic (exact) mass is 324 g/mol. The van der Waals surface area contributed by atoms with Gasteiger partial charge in [-0.3, -0.25) is 4.79 Å². The summed E-state index contributed by atoms with van der Waals surface area (Å²) in [7, 11) is -3.21. The minimum absolute atomic E-state index is 0.0412. The van der Waals surface area contributed by atoms with Crippen molar-refractivity contribution in [2.45, 2.75) is 26.2 Å². The Hall–Kier alpha value is -1.40. The Morgan fingerprint density at radius 3 is 2.64 bits per heavy atom. The first-order chi connectivity index (χ1) is 10.4. The van der Waals surface area contributed by atoms with Crippen LogP contribution in [0.1, 0.15) is 24.0 Å². The number of carbonyl (C=O) groups excluding carboxylic acids is 1. The van der Waals surface area contributed by atoms with Crippen molar-refractivity contribution in [1.82, 2.24) is 9.62 Å². The summed E-state index contributed by atoms with van der Waals surface area (Å²) >= 11 is 0. The van der Waals surface area contributed by atoms with Gasteiger partial charge >= 0.3 is 0 Å². The first-order valence-electron chi connectivity index (χ1n) is 7.64. The summed E-state index contributed by atoms with van der Waals surface area (Å²) in [5.74, 6) is -0.276. The topological polar surface area (TPSA) is 66.5 Å². The Balaban J connectivity index is 1.80. The third-order valence-electron chi connectivity index (χ3n) is 4.06. The number of rotatable bonds is 5. The summed E-state index contributed by atoms with van der Waals surface area (Å²) < 4.78 is 24.6. The van der Waals surface area contributed by atoms with Gasteiger partial charge in [0.15, 0.2) is 0 Å². The Morgan fingerprint density at radius 2 is 2.00 bits per heavy atom. The van der Waals surface area contributed by atoms with Gasteiger partial charge < -0.3 is 5.32 Å². The van der Waals surface area contributed by atoms with Crippen molar-refractivity contribution in [2.75, 3.05) is 25.9 Å². The molecule has 22 heavy (non-hydrogen) atoms. The molecule has 0 saturated carbocycles. The SMILES string of the molecule is Cc1ccc(CCNC(=O)[C@@H]2CCCN(S(C)(=O)=O)C2)cc1. The largest absolute Gasteiger partial charge is 0.355 e. The Morgan fingerprint density at radius 1 is 1.32 bits per heavy atom. The van der Waals surface area contributed by atoms with E-state index in [2.05, 4.69) is 29.6 Å². The highest BCUT2D eigenvalue weighted by Crippen LogP contribution is 2.18. The summed E-state index contributed by atoms with van der Waals surface area (Å²) in [6.07, 6.45) is 3.48. The maximum absolute atomic E-state index is 12.2. The van der Waals surface area contributed by atoms with Crippen LogP contribution >= 0.6 is 0 Å². The van der Waals surface area contributed by atoms with Gasteiger partial charge in [0.25, 0.3) is 0 Å². The van der Waals surface area contributed by atoms with Crippen LogP contribution in [0.15, 0.2) is 24.3 Å². The number of hydrogen-bond donors (Lipinski definition) is 1. The van der Waals surface area contributed by atoms with E-state index < -0.39 is 10.0 Å². The molecule has 0 radical (unpaired) electrons. The predicted octanol–water partition coefficient (Wildman–Crippen LogP) is 1.33. The van der Waals surface area contributed by atoms with Crippen LogP contribution in [0.4, 0.5) is 0 Å². The van der Waals surface area contributed by atoms with Crippen LogP contribution in [0.25, 0.3) is 0 Å². The molecule has 1 heterocycles. The molecule has 1 N–H and O–H groups in total. The number of nitrogens with one attached hydrogen (secondary N) is 1. The number of amides is 1. The Bertz CT molecular complexity index is 611. The van der Waals surface area contributed by atoms with E-state index >= 15 is 0 Å². The highest BCUT2D eigenvalue weighted by atomic mass is 32.2. The normalized spacial score (nSPS) is 19.8. The number of benzene rings is 1. The summed E-state index contributed by atoms with van der Waals surface area (Å²) in [5.41, 5.74) is 2.41. The maximum Gasteiger partial charge on any atom is 0.224 e. The third-order valence-corrected chi connectivity index (χ3v) is 5.33. The Kier molecular flexibility index (Phi) is 5.58. The highest BCUT2D eigenvalue weighted by molar-refractivity contribution is 7.88. The molecule has 0 aliphatic carbocycles. The van der Waals surface area contributed by atoms with Crippen molar-refractivity contribution in [1.29, 1.82) is 0 Å². The average molecular weight is 324 g/mol. The summed E-state index contributed by atoms with van der Waals surface area (Å²) in [4.78, 5) is 12.2. The van der Waals surface area contributed by atoms with E-state index in [1.165, 1.54) is 21.7 Å². The molecule has 6 heteroatoms. The zero-order valence-corrected chi connectivity index (χ0v) is 14.0. The molecule has 1 aliphatic rings. The van der Waals surface area contributed by atoms with E-state index in [1.807, 2.05) is 6.92 Å². The van der Waals surface area contributed by atoms with Crippen LogP contribution in [0.2, 0.25) is 0 Å². The minimum atomic E-state index is -3.21. The molecule has 1 aromatic carbocycles. The number of sulfonamides is 1. The van der Waals surface area contributed by atoms with Gasteiger partial charge in [-0.15, -0.1) is 0 Å². The van der Waals surface area contributed by atoms with Crippen LogP contribution < -0.4 is 5.32 Å². The van der Waals surface area contributed by atoms with Crippen LogP contribution in [0, 0.1) is 12.8 Å². The first kappa shape index (κ1) is 17.0. The van der Waals surface area contributed by atoms with Gasteiger partial charge in [-0.2, -0.15) is 0 Å². The molecule has 2 rings (SSSR count). The molecule has 1 atom stereocenters.